The molecule has 0 spiro atoms. The third-order valence-corrected chi connectivity index (χ3v) is 5.43. The van der Waals surface area contributed by atoms with Crippen LogP contribution in [0.15, 0.2) is 24.3 Å². The Bertz CT molecular complexity index is 560. The molecule has 1 saturated heterocycles. The topological polar surface area (TPSA) is 44.4 Å². The molecule has 3 rings (SSSR count). The van der Waals surface area contributed by atoms with E-state index in [0.717, 1.165) is 51.5 Å². The van der Waals surface area contributed by atoms with Gasteiger partial charge < -0.3 is 4.90 Å². The summed E-state index contributed by atoms with van der Waals surface area (Å²) in [7, 11) is 0. The Morgan fingerprint density at radius 1 is 1.17 bits per heavy atom. The predicted octanol–water partition coefficient (Wildman–Crippen LogP) is 2.82. The van der Waals surface area contributed by atoms with Gasteiger partial charge in [0, 0.05) is 18.6 Å². The Morgan fingerprint density at radius 3 is 2.71 bits per heavy atom. The average molecular weight is 329 g/mol. The smallest absolute Gasteiger partial charge is 0.241 e. The lowest BCUT2D eigenvalue weighted by molar-refractivity contribution is -0.135. The van der Waals surface area contributed by atoms with Crippen molar-refractivity contribution in [2.75, 3.05) is 6.54 Å². The molecule has 1 amide bonds. The van der Waals surface area contributed by atoms with Gasteiger partial charge >= 0.3 is 0 Å². The summed E-state index contributed by atoms with van der Waals surface area (Å²) in [6.45, 7) is 5.22. The molecule has 1 fully saturated rings. The minimum absolute atomic E-state index is 0.0646. The number of benzene rings is 1. The highest BCUT2D eigenvalue weighted by Gasteiger charge is 2.35. The lowest BCUT2D eigenvalue weighted by atomic mass is 9.87. The number of carbonyl (C=O) groups excluding carboxylic acids is 1. The van der Waals surface area contributed by atoms with Crippen molar-refractivity contribution >= 4 is 5.91 Å². The van der Waals surface area contributed by atoms with Gasteiger partial charge in [-0.15, -0.1) is 0 Å². The van der Waals surface area contributed by atoms with Crippen molar-refractivity contribution in [3.8, 4) is 0 Å². The van der Waals surface area contributed by atoms with Crippen molar-refractivity contribution in [1.82, 2.24) is 15.8 Å². The first-order valence-corrected chi connectivity index (χ1v) is 9.61. The van der Waals surface area contributed by atoms with Gasteiger partial charge in [-0.25, -0.2) is 5.43 Å². The number of fused-ring (bicyclic) bond motifs is 1. The maximum Gasteiger partial charge on any atom is 0.241 e. The van der Waals surface area contributed by atoms with E-state index in [1.165, 1.54) is 11.1 Å². The van der Waals surface area contributed by atoms with Gasteiger partial charge in [-0.05, 0) is 49.7 Å². The van der Waals surface area contributed by atoms with Crippen molar-refractivity contribution in [1.29, 1.82) is 0 Å². The molecule has 0 aromatic heterocycles. The molecule has 1 heterocycles. The SMILES string of the molecule is CCCC1CC(C(=O)N(CCC)C2CCc3ccccc3C2)NN1. The van der Waals surface area contributed by atoms with E-state index in [0.29, 0.717) is 12.1 Å². The van der Waals surface area contributed by atoms with E-state index < -0.39 is 0 Å². The van der Waals surface area contributed by atoms with Crippen LogP contribution in [0.25, 0.3) is 0 Å². The zero-order valence-corrected chi connectivity index (χ0v) is 15.1. The van der Waals surface area contributed by atoms with Crippen LogP contribution in [0.4, 0.5) is 0 Å². The van der Waals surface area contributed by atoms with Crippen molar-refractivity contribution in [3.05, 3.63) is 35.4 Å². The molecule has 0 saturated carbocycles. The molecule has 0 radical (unpaired) electrons. The summed E-state index contributed by atoms with van der Waals surface area (Å²) in [6, 6.07) is 9.41. The molecule has 1 aliphatic carbocycles. The summed E-state index contributed by atoms with van der Waals surface area (Å²) in [6.07, 6.45) is 7.38. The van der Waals surface area contributed by atoms with Crippen LogP contribution in [0.1, 0.15) is 57.1 Å². The summed E-state index contributed by atoms with van der Waals surface area (Å²) in [5.41, 5.74) is 9.43. The van der Waals surface area contributed by atoms with Crippen LogP contribution in [-0.4, -0.2) is 35.5 Å². The Labute approximate surface area is 146 Å². The fourth-order valence-corrected chi connectivity index (χ4v) is 4.18. The number of amides is 1. The Balaban J connectivity index is 1.68. The van der Waals surface area contributed by atoms with Crippen LogP contribution in [0, 0.1) is 0 Å². The molecule has 1 aromatic carbocycles. The Kier molecular flexibility index (Phi) is 5.90. The molecule has 132 valence electrons. The van der Waals surface area contributed by atoms with Crippen LogP contribution >= 0.6 is 0 Å². The van der Waals surface area contributed by atoms with Gasteiger partial charge in [-0.2, -0.15) is 0 Å². The number of hydrogen-bond acceptors (Lipinski definition) is 3. The molecule has 4 heteroatoms. The Morgan fingerprint density at radius 2 is 1.96 bits per heavy atom. The molecule has 3 unspecified atom stereocenters. The van der Waals surface area contributed by atoms with E-state index in [2.05, 4.69) is 53.9 Å². The number of rotatable bonds is 6. The van der Waals surface area contributed by atoms with Gasteiger partial charge in [0.05, 0.1) is 0 Å². The number of aryl methyl sites for hydroxylation is 1. The van der Waals surface area contributed by atoms with Crippen molar-refractivity contribution < 1.29 is 4.79 Å². The molecule has 3 atom stereocenters. The predicted molar refractivity (Wildman–Crippen MR) is 97.6 cm³/mol. The highest BCUT2D eigenvalue weighted by Crippen LogP contribution is 2.26. The van der Waals surface area contributed by atoms with Gasteiger partial charge in [-0.3, -0.25) is 10.2 Å². The van der Waals surface area contributed by atoms with Gasteiger partial charge in [0.2, 0.25) is 5.91 Å². The van der Waals surface area contributed by atoms with E-state index in [-0.39, 0.29) is 11.9 Å². The van der Waals surface area contributed by atoms with E-state index in [1.54, 1.807) is 0 Å². The van der Waals surface area contributed by atoms with Crippen molar-refractivity contribution in [2.24, 2.45) is 0 Å². The van der Waals surface area contributed by atoms with Crippen LogP contribution in [0.2, 0.25) is 0 Å². The fraction of sp³-hybridized carbons (Fsp3) is 0.650. The standard InChI is InChI=1S/C20H31N3O/c1-3-7-17-14-19(22-21-17)20(24)23(12-4-2)18-11-10-15-8-5-6-9-16(15)13-18/h5-6,8-9,17-19,21-22H,3-4,7,10-14H2,1-2H3. The van der Waals surface area contributed by atoms with Crippen LogP contribution in [0.5, 0.6) is 0 Å². The average Bonchev–Trinajstić information content (AvgIpc) is 3.08. The second-order valence-corrected chi connectivity index (χ2v) is 7.26. The third-order valence-electron chi connectivity index (χ3n) is 5.43. The largest absolute Gasteiger partial charge is 0.338 e. The second-order valence-electron chi connectivity index (χ2n) is 7.26. The summed E-state index contributed by atoms with van der Waals surface area (Å²) in [4.78, 5) is 15.3. The van der Waals surface area contributed by atoms with E-state index in [9.17, 15) is 4.79 Å². The van der Waals surface area contributed by atoms with E-state index in [1.807, 2.05) is 0 Å². The number of nitrogens with one attached hydrogen (secondary N) is 2. The number of hydrazine groups is 1. The minimum atomic E-state index is -0.0646. The normalized spacial score (nSPS) is 26.2. The van der Waals surface area contributed by atoms with Gasteiger partial charge in [0.25, 0.3) is 0 Å². The first-order valence-electron chi connectivity index (χ1n) is 9.61. The first-order chi connectivity index (χ1) is 11.7. The highest BCUT2D eigenvalue weighted by atomic mass is 16.2. The molecule has 24 heavy (non-hydrogen) atoms. The molecule has 2 N–H and O–H groups in total. The lowest BCUT2D eigenvalue weighted by Crippen LogP contribution is -2.51. The molecular formula is C20H31N3O. The van der Waals surface area contributed by atoms with Crippen molar-refractivity contribution in [3.63, 3.8) is 0 Å². The summed E-state index contributed by atoms with van der Waals surface area (Å²) in [5.74, 6) is 0.285. The molecule has 2 aliphatic rings. The maximum absolute atomic E-state index is 13.1. The number of hydrogen-bond donors (Lipinski definition) is 2. The van der Waals surface area contributed by atoms with Gasteiger partial charge in [0.1, 0.15) is 6.04 Å². The van der Waals surface area contributed by atoms with Crippen LogP contribution in [0.3, 0.4) is 0 Å². The maximum atomic E-state index is 13.1. The first kappa shape index (κ1) is 17.4. The lowest BCUT2D eigenvalue weighted by Gasteiger charge is -2.36. The second kappa shape index (κ2) is 8.13. The van der Waals surface area contributed by atoms with E-state index >= 15 is 0 Å². The van der Waals surface area contributed by atoms with Crippen LogP contribution in [-0.2, 0) is 17.6 Å². The van der Waals surface area contributed by atoms with Gasteiger partial charge in [-0.1, -0.05) is 44.5 Å². The highest BCUT2D eigenvalue weighted by molar-refractivity contribution is 5.82. The Hall–Kier alpha value is -1.39. The van der Waals surface area contributed by atoms with Gasteiger partial charge in [0.15, 0.2) is 0 Å². The molecule has 1 aromatic rings. The monoisotopic (exact) mass is 329 g/mol. The zero-order chi connectivity index (χ0) is 16.9. The minimum Gasteiger partial charge on any atom is -0.338 e. The molecule has 1 aliphatic heterocycles. The molecule has 0 bridgehead atoms. The summed E-state index contributed by atoms with van der Waals surface area (Å²) >= 11 is 0. The zero-order valence-electron chi connectivity index (χ0n) is 15.1. The quantitative estimate of drug-likeness (QED) is 0.843. The van der Waals surface area contributed by atoms with Crippen molar-refractivity contribution in [2.45, 2.75) is 76.9 Å². The van der Waals surface area contributed by atoms with E-state index in [4.69, 9.17) is 0 Å². The number of nitrogens with zero attached hydrogens (tertiary/aromatic N) is 1. The fourth-order valence-electron chi connectivity index (χ4n) is 4.18. The molecular weight excluding hydrogens is 298 g/mol. The molecule has 4 nitrogen and oxygen atoms in total. The summed E-state index contributed by atoms with van der Waals surface area (Å²) < 4.78 is 0. The van der Waals surface area contributed by atoms with Crippen LogP contribution < -0.4 is 10.9 Å². The third kappa shape index (κ3) is 3.81. The summed E-state index contributed by atoms with van der Waals surface area (Å²) in [5, 5.41) is 0. The number of carbonyl (C=O) groups is 1.